The van der Waals surface area contributed by atoms with Crippen LogP contribution in [0, 0.1) is 0 Å². The maximum atomic E-state index is 6.18. The zero-order valence-electron chi connectivity index (χ0n) is 13.2. The number of nitrogens with zero attached hydrogens (tertiary/aromatic N) is 2. The molecule has 1 aromatic carbocycles. The number of fused-ring (bicyclic) bond motifs is 1. The number of aryl methyl sites for hydroxylation is 1. The molecule has 2 rings (SSSR count). The van der Waals surface area contributed by atoms with Crippen molar-refractivity contribution in [1.29, 1.82) is 0 Å². The lowest BCUT2D eigenvalue weighted by molar-refractivity contribution is 0.104. The van der Waals surface area contributed by atoms with E-state index in [1.165, 1.54) is 24.0 Å². The molecule has 3 nitrogen and oxygen atoms in total. The van der Waals surface area contributed by atoms with Crippen molar-refractivity contribution in [2.75, 3.05) is 40.8 Å². The lowest BCUT2D eigenvalue weighted by atomic mass is 9.77. The van der Waals surface area contributed by atoms with Gasteiger partial charge in [0.15, 0.2) is 0 Å². The normalized spacial score (nSPS) is 22.3. The maximum absolute atomic E-state index is 6.18. The number of rotatable bonds is 6. The fourth-order valence-electron chi connectivity index (χ4n) is 3.30. The molecule has 0 aliphatic heterocycles. The van der Waals surface area contributed by atoms with E-state index < -0.39 is 0 Å². The predicted molar refractivity (Wildman–Crippen MR) is 86.1 cm³/mol. The summed E-state index contributed by atoms with van der Waals surface area (Å²) in [6, 6.07) is 8.83. The molecule has 0 heterocycles. The zero-order valence-corrected chi connectivity index (χ0v) is 13.2. The van der Waals surface area contributed by atoms with Crippen LogP contribution < -0.4 is 5.73 Å². The van der Waals surface area contributed by atoms with Crippen LogP contribution in [0.2, 0.25) is 0 Å². The zero-order chi connectivity index (χ0) is 14.6. The van der Waals surface area contributed by atoms with Crippen molar-refractivity contribution in [1.82, 2.24) is 9.80 Å². The molecule has 1 unspecified atom stereocenters. The van der Waals surface area contributed by atoms with Crippen LogP contribution in [-0.4, -0.2) is 56.1 Å². The minimum atomic E-state index is 0.153. The van der Waals surface area contributed by atoms with Crippen molar-refractivity contribution < 1.29 is 0 Å². The van der Waals surface area contributed by atoms with Crippen LogP contribution in [-0.2, 0) is 12.8 Å². The topological polar surface area (TPSA) is 32.5 Å². The third-order valence-electron chi connectivity index (χ3n) is 4.79. The molecule has 0 bridgehead atoms. The summed E-state index contributed by atoms with van der Waals surface area (Å²) in [6.07, 6.45) is 4.63. The number of hydrogen-bond donors (Lipinski definition) is 1. The van der Waals surface area contributed by atoms with Gasteiger partial charge >= 0.3 is 0 Å². The first-order valence-corrected chi connectivity index (χ1v) is 7.70. The standard InChI is InChI=1S/C17H29N3/c1-19(2)11-6-12-20(3)17(14-18)10-9-15-7-4-5-8-16(15)13-17/h4-5,7-8H,6,9-14,18H2,1-3H3. The van der Waals surface area contributed by atoms with Crippen LogP contribution >= 0.6 is 0 Å². The summed E-state index contributed by atoms with van der Waals surface area (Å²) in [7, 11) is 6.52. The highest BCUT2D eigenvalue weighted by Gasteiger charge is 2.36. The minimum absolute atomic E-state index is 0.153. The first-order chi connectivity index (χ1) is 9.57. The molecule has 0 saturated carbocycles. The van der Waals surface area contributed by atoms with Gasteiger partial charge in [-0.1, -0.05) is 24.3 Å². The fraction of sp³-hybridized carbons (Fsp3) is 0.647. The molecular weight excluding hydrogens is 246 g/mol. The average Bonchev–Trinajstić information content (AvgIpc) is 2.46. The van der Waals surface area contributed by atoms with Crippen LogP contribution in [0.3, 0.4) is 0 Å². The van der Waals surface area contributed by atoms with Gasteiger partial charge in [0.05, 0.1) is 0 Å². The van der Waals surface area contributed by atoms with Crippen LogP contribution in [0.15, 0.2) is 24.3 Å². The van der Waals surface area contributed by atoms with Crippen LogP contribution in [0.5, 0.6) is 0 Å². The molecule has 20 heavy (non-hydrogen) atoms. The molecular formula is C17H29N3. The first-order valence-electron chi connectivity index (χ1n) is 7.70. The van der Waals surface area contributed by atoms with E-state index in [4.69, 9.17) is 5.73 Å². The number of benzene rings is 1. The van der Waals surface area contributed by atoms with E-state index in [0.717, 1.165) is 32.5 Å². The Labute approximate surface area is 123 Å². The minimum Gasteiger partial charge on any atom is -0.329 e. The van der Waals surface area contributed by atoms with Gasteiger partial charge in [-0.25, -0.2) is 0 Å². The molecule has 1 aromatic rings. The Morgan fingerprint density at radius 1 is 1.10 bits per heavy atom. The highest BCUT2D eigenvalue weighted by atomic mass is 15.2. The van der Waals surface area contributed by atoms with Crippen molar-refractivity contribution in [3.8, 4) is 0 Å². The molecule has 0 aromatic heterocycles. The summed E-state index contributed by atoms with van der Waals surface area (Å²) >= 11 is 0. The van der Waals surface area contributed by atoms with Gasteiger partial charge in [-0.15, -0.1) is 0 Å². The summed E-state index contributed by atoms with van der Waals surface area (Å²) in [6.45, 7) is 3.01. The number of hydrogen-bond acceptors (Lipinski definition) is 3. The largest absolute Gasteiger partial charge is 0.329 e. The van der Waals surface area contributed by atoms with Crippen LogP contribution in [0.25, 0.3) is 0 Å². The highest BCUT2D eigenvalue weighted by molar-refractivity contribution is 5.32. The summed E-state index contributed by atoms with van der Waals surface area (Å²) in [5.74, 6) is 0. The molecule has 0 spiro atoms. The second-order valence-corrected chi connectivity index (χ2v) is 6.45. The van der Waals surface area contributed by atoms with Gasteiger partial charge in [-0.3, -0.25) is 4.90 Å². The van der Waals surface area contributed by atoms with E-state index in [1.54, 1.807) is 0 Å². The lowest BCUT2D eigenvalue weighted by Crippen LogP contribution is -2.56. The summed E-state index contributed by atoms with van der Waals surface area (Å²) in [5.41, 5.74) is 9.33. The second kappa shape index (κ2) is 6.70. The maximum Gasteiger partial charge on any atom is 0.0372 e. The summed E-state index contributed by atoms with van der Waals surface area (Å²) < 4.78 is 0. The number of nitrogens with two attached hydrogens (primary N) is 1. The Bertz CT molecular complexity index is 430. The summed E-state index contributed by atoms with van der Waals surface area (Å²) in [5, 5.41) is 0. The summed E-state index contributed by atoms with van der Waals surface area (Å²) in [4.78, 5) is 4.76. The molecule has 2 N–H and O–H groups in total. The van der Waals surface area contributed by atoms with Crippen molar-refractivity contribution in [2.24, 2.45) is 5.73 Å². The predicted octanol–water partition coefficient (Wildman–Crippen LogP) is 1.76. The van der Waals surface area contributed by atoms with Gasteiger partial charge in [0.25, 0.3) is 0 Å². The van der Waals surface area contributed by atoms with Gasteiger partial charge < -0.3 is 10.6 Å². The van der Waals surface area contributed by atoms with Crippen molar-refractivity contribution in [2.45, 2.75) is 31.2 Å². The van der Waals surface area contributed by atoms with Gasteiger partial charge in [0.2, 0.25) is 0 Å². The fourth-order valence-corrected chi connectivity index (χ4v) is 3.30. The highest BCUT2D eigenvalue weighted by Crippen LogP contribution is 2.32. The Hall–Kier alpha value is -0.900. The third kappa shape index (κ3) is 3.40. The Balaban J connectivity index is 2.03. The molecule has 0 saturated heterocycles. The van der Waals surface area contributed by atoms with E-state index >= 15 is 0 Å². The average molecular weight is 275 g/mol. The molecule has 3 heteroatoms. The molecule has 1 atom stereocenters. The van der Waals surface area contributed by atoms with E-state index in [1.807, 2.05) is 0 Å². The Kier molecular flexibility index (Phi) is 5.19. The molecule has 0 radical (unpaired) electrons. The van der Waals surface area contributed by atoms with E-state index in [9.17, 15) is 0 Å². The van der Waals surface area contributed by atoms with Gasteiger partial charge in [-0.05, 0) is 71.0 Å². The molecule has 112 valence electrons. The Morgan fingerprint density at radius 3 is 2.45 bits per heavy atom. The van der Waals surface area contributed by atoms with Gasteiger partial charge in [0, 0.05) is 12.1 Å². The third-order valence-corrected chi connectivity index (χ3v) is 4.79. The lowest BCUT2D eigenvalue weighted by Gasteiger charge is -2.45. The second-order valence-electron chi connectivity index (χ2n) is 6.45. The first kappa shape index (κ1) is 15.5. The Morgan fingerprint density at radius 2 is 1.80 bits per heavy atom. The van der Waals surface area contributed by atoms with Gasteiger partial charge in [-0.2, -0.15) is 0 Å². The molecule has 0 fully saturated rings. The van der Waals surface area contributed by atoms with Crippen molar-refractivity contribution in [3.05, 3.63) is 35.4 Å². The van der Waals surface area contributed by atoms with Crippen molar-refractivity contribution >= 4 is 0 Å². The SMILES string of the molecule is CN(C)CCCN(C)C1(CN)CCc2ccccc2C1. The quantitative estimate of drug-likeness (QED) is 0.858. The number of likely N-dealkylation sites (N-methyl/N-ethyl adjacent to an activating group) is 1. The monoisotopic (exact) mass is 275 g/mol. The molecule has 1 aliphatic carbocycles. The van der Waals surface area contributed by atoms with Crippen molar-refractivity contribution in [3.63, 3.8) is 0 Å². The van der Waals surface area contributed by atoms with E-state index in [0.29, 0.717) is 0 Å². The smallest absolute Gasteiger partial charge is 0.0372 e. The molecule has 0 amide bonds. The molecule has 1 aliphatic rings. The van der Waals surface area contributed by atoms with E-state index in [2.05, 4.69) is 55.2 Å². The van der Waals surface area contributed by atoms with E-state index in [-0.39, 0.29) is 5.54 Å². The van der Waals surface area contributed by atoms with Crippen LogP contribution in [0.4, 0.5) is 0 Å². The van der Waals surface area contributed by atoms with Gasteiger partial charge in [0.1, 0.15) is 0 Å². The van der Waals surface area contributed by atoms with Crippen LogP contribution in [0.1, 0.15) is 24.0 Å².